The van der Waals surface area contributed by atoms with Gasteiger partial charge >= 0.3 is 0 Å². The van der Waals surface area contributed by atoms with E-state index in [9.17, 15) is 0 Å². The van der Waals surface area contributed by atoms with Gasteiger partial charge < -0.3 is 10.6 Å². The largest absolute Gasteiger partial charge is 0.371 e. The van der Waals surface area contributed by atoms with Crippen molar-refractivity contribution in [2.75, 3.05) is 18.0 Å². The highest BCUT2D eigenvalue weighted by Gasteiger charge is 2.21. The zero-order valence-corrected chi connectivity index (χ0v) is 11.3. The maximum absolute atomic E-state index is 6.18. The van der Waals surface area contributed by atoms with Gasteiger partial charge in [0, 0.05) is 50.2 Å². The number of fused-ring (bicyclic) bond motifs is 1. The second-order valence-corrected chi connectivity index (χ2v) is 5.14. The van der Waals surface area contributed by atoms with Gasteiger partial charge in [-0.15, -0.1) is 0 Å². The van der Waals surface area contributed by atoms with Gasteiger partial charge in [-0.05, 0) is 24.1 Å². The number of nitrogens with two attached hydrogens (primary N) is 1. The molecular weight excluding hydrogens is 236 g/mol. The minimum absolute atomic E-state index is 0.184. The van der Waals surface area contributed by atoms with Crippen LogP contribution < -0.4 is 10.6 Å². The maximum Gasteiger partial charge on any atom is 0.0492 e. The Morgan fingerprint density at radius 3 is 2.95 bits per heavy atom. The van der Waals surface area contributed by atoms with E-state index in [1.165, 1.54) is 16.9 Å². The summed E-state index contributed by atoms with van der Waals surface area (Å²) in [5.74, 6) is 0. The maximum atomic E-state index is 6.18. The summed E-state index contributed by atoms with van der Waals surface area (Å²) in [7, 11) is 2.00. The van der Waals surface area contributed by atoms with E-state index in [2.05, 4.69) is 40.3 Å². The highest BCUT2D eigenvalue weighted by Crippen LogP contribution is 2.31. The summed E-state index contributed by atoms with van der Waals surface area (Å²) in [6.07, 6.45) is 3.90. The Kier molecular flexibility index (Phi) is 3.25. The van der Waals surface area contributed by atoms with Crippen LogP contribution in [-0.4, -0.2) is 22.9 Å². The Labute approximate surface area is 113 Å². The zero-order valence-electron chi connectivity index (χ0n) is 11.3. The first-order valence-electron chi connectivity index (χ1n) is 6.82. The third-order valence-electron chi connectivity index (χ3n) is 3.95. The molecule has 100 valence electrons. The van der Waals surface area contributed by atoms with E-state index in [-0.39, 0.29) is 6.04 Å². The van der Waals surface area contributed by atoms with Crippen molar-refractivity contribution >= 4 is 5.69 Å². The number of hydrogen-bond acceptors (Lipinski definition) is 3. The quantitative estimate of drug-likeness (QED) is 0.912. The summed E-state index contributed by atoms with van der Waals surface area (Å²) in [4.78, 5) is 2.44. The fraction of sp³-hybridized carbons (Fsp3) is 0.400. The minimum Gasteiger partial charge on any atom is -0.371 e. The minimum atomic E-state index is 0.184. The molecule has 3 rings (SSSR count). The number of benzene rings is 1. The Hall–Kier alpha value is -1.81. The predicted octanol–water partition coefficient (Wildman–Crippen LogP) is 1.87. The average molecular weight is 256 g/mol. The Balaban J connectivity index is 1.76. The number of rotatable bonds is 3. The molecule has 2 aromatic rings. The Morgan fingerprint density at radius 1 is 1.32 bits per heavy atom. The van der Waals surface area contributed by atoms with Crippen LogP contribution in [0.2, 0.25) is 0 Å². The Bertz CT molecular complexity index is 561. The molecule has 1 atom stereocenters. The topological polar surface area (TPSA) is 47.1 Å². The van der Waals surface area contributed by atoms with Crippen LogP contribution in [0.4, 0.5) is 5.69 Å². The van der Waals surface area contributed by atoms with Crippen LogP contribution >= 0.6 is 0 Å². The zero-order chi connectivity index (χ0) is 13.2. The molecule has 0 bridgehead atoms. The Morgan fingerprint density at radius 2 is 2.16 bits per heavy atom. The van der Waals surface area contributed by atoms with Gasteiger partial charge in [-0.25, -0.2) is 0 Å². The average Bonchev–Trinajstić information content (AvgIpc) is 2.84. The van der Waals surface area contributed by atoms with Crippen molar-refractivity contribution < 1.29 is 0 Å². The molecule has 4 heteroatoms. The van der Waals surface area contributed by atoms with Gasteiger partial charge in [0.05, 0.1) is 0 Å². The van der Waals surface area contributed by atoms with Gasteiger partial charge in [0.2, 0.25) is 0 Å². The van der Waals surface area contributed by atoms with E-state index in [1.807, 2.05) is 17.9 Å². The molecule has 1 aromatic heterocycles. The van der Waals surface area contributed by atoms with Gasteiger partial charge in [0.25, 0.3) is 0 Å². The normalized spacial score (nSPS) is 18.4. The van der Waals surface area contributed by atoms with Crippen LogP contribution in [-0.2, 0) is 13.5 Å². The smallest absolute Gasteiger partial charge is 0.0492 e. The summed E-state index contributed by atoms with van der Waals surface area (Å²) in [6, 6.07) is 10.8. The molecule has 0 amide bonds. The molecule has 0 saturated carbocycles. The van der Waals surface area contributed by atoms with E-state index in [0.717, 1.165) is 25.9 Å². The number of aryl methyl sites for hydroxylation is 1. The number of nitrogens with zero attached hydrogens (tertiary/aromatic N) is 3. The number of para-hydroxylation sites is 1. The van der Waals surface area contributed by atoms with Gasteiger partial charge in [0.15, 0.2) is 0 Å². The predicted molar refractivity (Wildman–Crippen MR) is 77.1 cm³/mol. The second kappa shape index (κ2) is 5.05. The molecule has 0 radical (unpaired) electrons. The van der Waals surface area contributed by atoms with E-state index in [0.29, 0.717) is 0 Å². The number of hydrogen-bond donors (Lipinski definition) is 1. The first kappa shape index (κ1) is 12.2. The SMILES string of the molecule is Cn1nccc1CCN1CCC(N)c2ccccc21. The van der Waals surface area contributed by atoms with Crippen molar-refractivity contribution in [1.82, 2.24) is 9.78 Å². The van der Waals surface area contributed by atoms with E-state index >= 15 is 0 Å². The van der Waals surface area contributed by atoms with E-state index in [4.69, 9.17) is 5.73 Å². The molecule has 0 spiro atoms. The highest BCUT2D eigenvalue weighted by molar-refractivity contribution is 5.56. The summed E-state index contributed by atoms with van der Waals surface area (Å²) >= 11 is 0. The van der Waals surface area contributed by atoms with Crippen LogP contribution in [0.3, 0.4) is 0 Å². The first-order chi connectivity index (χ1) is 9.25. The molecule has 0 fully saturated rings. The van der Waals surface area contributed by atoms with Crippen molar-refractivity contribution in [3.05, 3.63) is 47.8 Å². The first-order valence-corrected chi connectivity index (χ1v) is 6.82. The molecule has 4 nitrogen and oxygen atoms in total. The summed E-state index contributed by atoms with van der Waals surface area (Å²) in [5.41, 5.74) is 10.0. The van der Waals surface area contributed by atoms with Crippen molar-refractivity contribution in [3.63, 3.8) is 0 Å². The second-order valence-electron chi connectivity index (χ2n) is 5.14. The van der Waals surface area contributed by atoms with Crippen LogP contribution in [0.25, 0.3) is 0 Å². The summed E-state index contributed by atoms with van der Waals surface area (Å²) in [5, 5.41) is 4.21. The van der Waals surface area contributed by atoms with Crippen molar-refractivity contribution in [2.45, 2.75) is 18.9 Å². The number of aromatic nitrogens is 2. The number of anilines is 1. The molecule has 19 heavy (non-hydrogen) atoms. The third-order valence-corrected chi connectivity index (χ3v) is 3.95. The van der Waals surface area contributed by atoms with Crippen LogP contribution in [0.15, 0.2) is 36.5 Å². The molecule has 0 aliphatic carbocycles. The standard InChI is InChI=1S/C15H20N4/c1-18-12(6-9-17-18)7-10-19-11-8-14(16)13-4-2-3-5-15(13)19/h2-6,9,14H,7-8,10-11,16H2,1H3. The van der Waals surface area contributed by atoms with Crippen LogP contribution in [0, 0.1) is 0 Å². The lowest BCUT2D eigenvalue weighted by Gasteiger charge is -2.34. The van der Waals surface area contributed by atoms with E-state index in [1.54, 1.807) is 0 Å². The van der Waals surface area contributed by atoms with Gasteiger partial charge in [-0.3, -0.25) is 4.68 Å². The summed E-state index contributed by atoms with van der Waals surface area (Å²) < 4.78 is 1.95. The van der Waals surface area contributed by atoms with Crippen molar-refractivity contribution in [2.24, 2.45) is 12.8 Å². The van der Waals surface area contributed by atoms with Gasteiger partial charge in [-0.2, -0.15) is 5.10 Å². The molecular formula is C15H20N4. The lowest BCUT2D eigenvalue weighted by molar-refractivity contribution is 0.585. The van der Waals surface area contributed by atoms with Crippen LogP contribution in [0.1, 0.15) is 23.7 Å². The highest BCUT2D eigenvalue weighted by atomic mass is 15.3. The van der Waals surface area contributed by atoms with E-state index < -0.39 is 0 Å². The van der Waals surface area contributed by atoms with Gasteiger partial charge in [0.1, 0.15) is 0 Å². The molecule has 1 aliphatic heterocycles. The molecule has 1 unspecified atom stereocenters. The fourth-order valence-electron chi connectivity index (χ4n) is 2.79. The third kappa shape index (κ3) is 2.36. The fourth-order valence-corrected chi connectivity index (χ4v) is 2.79. The van der Waals surface area contributed by atoms with Crippen molar-refractivity contribution in [1.29, 1.82) is 0 Å². The molecule has 0 saturated heterocycles. The lowest BCUT2D eigenvalue weighted by atomic mass is 9.97. The molecule has 2 N–H and O–H groups in total. The molecule has 1 aromatic carbocycles. The molecule has 2 heterocycles. The summed E-state index contributed by atoms with van der Waals surface area (Å²) in [6.45, 7) is 2.05. The van der Waals surface area contributed by atoms with Gasteiger partial charge in [-0.1, -0.05) is 18.2 Å². The molecule has 1 aliphatic rings. The van der Waals surface area contributed by atoms with Crippen molar-refractivity contribution in [3.8, 4) is 0 Å². The van der Waals surface area contributed by atoms with Crippen LogP contribution in [0.5, 0.6) is 0 Å². The monoisotopic (exact) mass is 256 g/mol. The lowest BCUT2D eigenvalue weighted by Crippen LogP contribution is -2.35.